The van der Waals surface area contributed by atoms with Gasteiger partial charge in [0.15, 0.2) is 0 Å². The molecule has 4 nitrogen and oxygen atoms in total. The molecule has 5 heteroatoms. The lowest BCUT2D eigenvalue weighted by Gasteiger charge is -2.20. The maximum absolute atomic E-state index is 11.9. The van der Waals surface area contributed by atoms with Crippen molar-refractivity contribution < 1.29 is 9.90 Å². The molecule has 1 atom stereocenters. The van der Waals surface area contributed by atoms with Crippen LogP contribution in [0.15, 0.2) is 42.6 Å². The molecular formula is C17H18N2O2S. The predicted molar refractivity (Wildman–Crippen MR) is 90.7 cm³/mol. The molecule has 0 spiro atoms. The Kier molecular flexibility index (Phi) is 4.45. The van der Waals surface area contributed by atoms with Crippen molar-refractivity contribution in [3.8, 4) is 0 Å². The summed E-state index contributed by atoms with van der Waals surface area (Å²) in [7, 11) is 0. The molecule has 2 aromatic rings. The van der Waals surface area contributed by atoms with E-state index in [9.17, 15) is 9.90 Å². The molecule has 2 heterocycles. The molecule has 1 unspecified atom stereocenters. The standard InChI is InChI=1S/C17H18N2O2S/c20-15(19-11-17(21)8-10-22-12-17)7-6-14-4-1-3-13-5-2-9-18-16(13)14/h1-7,9,21H,8,10-12H2,(H,19,20). The summed E-state index contributed by atoms with van der Waals surface area (Å²) in [6, 6.07) is 9.75. The molecule has 0 saturated carbocycles. The van der Waals surface area contributed by atoms with E-state index in [-0.39, 0.29) is 5.91 Å². The molecule has 1 aromatic carbocycles. The number of hydrogen-bond donors (Lipinski definition) is 2. The van der Waals surface area contributed by atoms with Crippen LogP contribution < -0.4 is 5.32 Å². The number of amides is 1. The van der Waals surface area contributed by atoms with Crippen molar-refractivity contribution in [2.75, 3.05) is 18.1 Å². The molecule has 0 radical (unpaired) electrons. The first-order valence-electron chi connectivity index (χ1n) is 7.26. The number of benzene rings is 1. The molecule has 1 aromatic heterocycles. The lowest BCUT2D eigenvalue weighted by molar-refractivity contribution is -0.117. The van der Waals surface area contributed by atoms with Crippen molar-refractivity contribution >= 4 is 34.6 Å². The Morgan fingerprint density at radius 1 is 1.41 bits per heavy atom. The largest absolute Gasteiger partial charge is 0.387 e. The molecule has 1 saturated heterocycles. The van der Waals surface area contributed by atoms with E-state index in [2.05, 4.69) is 10.3 Å². The van der Waals surface area contributed by atoms with Crippen molar-refractivity contribution in [3.05, 3.63) is 48.2 Å². The first-order valence-corrected chi connectivity index (χ1v) is 8.42. The highest BCUT2D eigenvalue weighted by Gasteiger charge is 2.31. The summed E-state index contributed by atoms with van der Waals surface area (Å²) in [5, 5.41) is 14.0. The fourth-order valence-electron chi connectivity index (χ4n) is 2.47. The average molecular weight is 314 g/mol. The van der Waals surface area contributed by atoms with Crippen LogP contribution in [0, 0.1) is 0 Å². The Bertz CT molecular complexity index is 703. The van der Waals surface area contributed by atoms with Gasteiger partial charge < -0.3 is 10.4 Å². The monoisotopic (exact) mass is 314 g/mol. The minimum Gasteiger partial charge on any atom is -0.387 e. The Balaban J connectivity index is 1.66. The molecule has 0 aliphatic carbocycles. The summed E-state index contributed by atoms with van der Waals surface area (Å²) >= 11 is 1.72. The van der Waals surface area contributed by atoms with Gasteiger partial charge in [-0.15, -0.1) is 0 Å². The summed E-state index contributed by atoms with van der Waals surface area (Å²) in [4.78, 5) is 16.3. The average Bonchev–Trinajstić information content (AvgIpc) is 2.98. The summed E-state index contributed by atoms with van der Waals surface area (Å²) in [5.74, 6) is 1.44. The number of hydrogen-bond acceptors (Lipinski definition) is 4. The normalized spacial score (nSPS) is 21.5. The van der Waals surface area contributed by atoms with Gasteiger partial charge in [-0.3, -0.25) is 9.78 Å². The predicted octanol–water partition coefficient (Wildman–Crippen LogP) is 2.23. The summed E-state index contributed by atoms with van der Waals surface area (Å²) < 4.78 is 0. The van der Waals surface area contributed by atoms with Gasteiger partial charge in [-0.05, 0) is 24.3 Å². The Hall–Kier alpha value is -1.85. The SMILES string of the molecule is O=C(C=Cc1cccc2cccnc12)NCC1(O)CCSC1. The van der Waals surface area contributed by atoms with E-state index >= 15 is 0 Å². The van der Waals surface area contributed by atoms with E-state index in [0.29, 0.717) is 12.3 Å². The van der Waals surface area contributed by atoms with Crippen LogP contribution in [0.5, 0.6) is 0 Å². The number of aliphatic hydroxyl groups is 1. The van der Waals surface area contributed by atoms with E-state index in [1.165, 1.54) is 6.08 Å². The van der Waals surface area contributed by atoms with E-state index in [1.807, 2.05) is 30.3 Å². The minimum atomic E-state index is -0.755. The number of fused-ring (bicyclic) bond motifs is 1. The van der Waals surface area contributed by atoms with Gasteiger partial charge >= 0.3 is 0 Å². The number of para-hydroxylation sites is 1. The third-order valence-electron chi connectivity index (χ3n) is 3.75. The molecule has 1 amide bonds. The number of thioether (sulfide) groups is 1. The summed E-state index contributed by atoms with van der Waals surface area (Å²) in [6.07, 6.45) is 5.73. The molecule has 22 heavy (non-hydrogen) atoms. The van der Waals surface area contributed by atoms with Crippen LogP contribution in [-0.2, 0) is 4.79 Å². The molecule has 3 rings (SSSR count). The van der Waals surface area contributed by atoms with Gasteiger partial charge in [0.2, 0.25) is 5.91 Å². The van der Waals surface area contributed by atoms with Gasteiger partial charge in [-0.25, -0.2) is 0 Å². The van der Waals surface area contributed by atoms with Gasteiger partial charge in [-0.2, -0.15) is 11.8 Å². The molecule has 1 aliphatic heterocycles. The Morgan fingerprint density at radius 2 is 2.27 bits per heavy atom. The highest BCUT2D eigenvalue weighted by Crippen LogP contribution is 2.26. The van der Waals surface area contributed by atoms with Crippen LogP contribution in [0.1, 0.15) is 12.0 Å². The zero-order valence-corrected chi connectivity index (χ0v) is 13.0. The van der Waals surface area contributed by atoms with Crippen LogP contribution >= 0.6 is 11.8 Å². The fraction of sp³-hybridized carbons (Fsp3) is 0.294. The van der Waals surface area contributed by atoms with Gasteiger partial charge in [-0.1, -0.05) is 24.3 Å². The second kappa shape index (κ2) is 6.50. The van der Waals surface area contributed by atoms with Crippen LogP contribution in [0.2, 0.25) is 0 Å². The number of pyridine rings is 1. The summed E-state index contributed by atoms with van der Waals surface area (Å²) in [6.45, 7) is 0.303. The summed E-state index contributed by atoms with van der Waals surface area (Å²) in [5.41, 5.74) is 1.03. The van der Waals surface area contributed by atoms with Gasteiger partial charge in [0, 0.05) is 35.5 Å². The fourth-order valence-corrected chi connectivity index (χ4v) is 3.77. The quantitative estimate of drug-likeness (QED) is 0.850. The minimum absolute atomic E-state index is 0.196. The zero-order valence-electron chi connectivity index (χ0n) is 12.2. The first kappa shape index (κ1) is 15.1. The molecule has 114 valence electrons. The Labute approximate surface area is 133 Å². The van der Waals surface area contributed by atoms with E-state index < -0.39 is 5.60 Å². The molecule has 0 bridgehead atoms. The highest BCUT2D eigenvalue weighted by molar-refractivity contribution is 7.99. The maximum Gasteiger partial charge on any atom is 0.244 e. The van der Waals surface area contributed by atoms with E-state index in [1.54, 1.807) is 24.0 Å². The van der Waals surface area contributed by atoms with Crippen LogP contribution in [-0.4, -0.2) is 39.6 Å². The second-order valence-electron chi connectivity index (χ2n) is 5.50. The molecular weight excluding hydrogens is 296 g/mol. The van der Waals surface area contributed by atoms with Gasteiger partial charge in [0.25, 0.3) is 0 Å². The molecule has 2 N–H and O–H groups in total. The number of carbonyl (C=O) groups excluding carboxylic acids is 1. The van der Waals surface area contributed by atoms with Crippen LogP contribution in [0.3, 0.4) is 0 Å². The number of aromatic nitrogens is 1. The third-order valence-corrected chi connectivity index (χ3v) is 4.99. The van der Waals surface area contributed by atoms with Crippen molar-refractivity contribution in [2.24, 2.45) is 0 Å². The first-order chi connectivity index (χ1) is 10.7. The van der Waals surface area contributed by atoms with Gasteiger partial charge in [0.1, 0.15) is 0 Å². The molecule has 1 fully saturated rings. The number of carbonyl (C=O) groups is 1. The highest BCUT2D eigenvalue weighted by atomic mass is 32.2. The lowest BCUT2D eigenvalue weighted by atomic mass is 10.0. The lowest BCUT2D eigenvalue weighted by Crippen LogP contribution is -2.42. The van der Waals surface area contributed by atoms with Crippen LogP contribution in [0.4, 0.5) is 0 Å². The van der Waals surface area contributed by atoms with Crippen LogP contribution in [0.25, 0.3) is 17.0 Å². The molecule has 1 aliphatic rings. The zero-order chi connectivity index (χ0) is 15.4. The Morgan fingerprint density at radius 3 is 3.09 bits per heavy atom. The van der Waals surface area contributed by atoms with E-state index in [4.69, 9.17) is 0 Å². The number of rotatable bonds is 4. The second-order valence-corrected chi connectivity index (χ2v) is 6.61. The van der Waals surface area contributed by atoms with Crippen molar-refractivity contribution in [2.45, 2.75) is 12.0 Å². The smallest absolute Gasteiger partial charge is 0.244 e. The van der Waals surface area contributed by atoms with Crippen molar-refractivity contribution in [1.82, 2.24) is 10.3 Å². The van der Waals surface area contributed by atoms with Crippen molar-refractivity contribution in [1.29, 1.82) is 0 Å². The number of nitrogens with one attached hydrogen (secondary N) is 1. The van der Waals surface area contributed by atoms with Gasteiger partial charge in [0.05, 0.1) is 11.1 Å². The van der Waals surface area contributed by atoms with Crippen molar-refractivity contribution in [3.63, 3.8) is 0 Å². The van der Waals surface area contributed by atoms with E-state index in [0.717, 1.165) is 28.6 Å². The number of nitrogens with zero attached hydrogens (tertiary/aromatic N) is 1. The maximum atomic E-state index is 11.9. The topological polar surface area (TPSA) is 62.2 Å². The third kappa shape index (κ3) is 3.48.